The second-order valence-corrected chi connectivity index (χ2v) is 3.92. The maximum absolute atomic E-state index is 11.0. The lowest BCUT2D eigenvalue weighted by Crippen LogP contribution is -2.38. The van der Waals surface area contributed by atoms with Crippen LogP contribution in [0.15, 0.2) is 11.4 Å². The van der Waals surface area contributed by atoms with Crippen molar-refractivity contribution in [2.75, 3.05) is 12.8 Å². The number of amides is 1. The van der Waals surface area contributed by atoms with E-state index < -0.39 is 11.9 Å². The first kappa shape index (κ1) is 14.0. The molecule has 0 fully saturated rings. The minimum absolute atomic E-state index is 0.00806. The van der Waals surface area contributed by atoms with Gasteiger partial charge in [0.2, 0.25) is 5.91 Å². The van der Waals surface area contributed by atoms with E-state index in [0.717, 1.165) is 0 Å². The average Bonchev–Trinajstić information content (AvgIpc) is 2.27. The Bertz CT molecular complexity index is 470. The van der Waals surface area contributed by atoms with Crippen molar-refractivity contribution in [3.8, 4) is 0 Å². The van der Waals surface area contributed by atoms with Gasteiger partial charge in [-0.2, -0.15) is 5.10 Å². The Morgan fingerprint density at radius 2 is 2.11 bits per heavy atom. The van der Waals surface area contributed by atoms with Crippen LogP contribution in [0.1, 0.15) is 12.5 Å². The van der Waals surface area contributed by atoms with Crippen LogP contribution in [0.3, 0.4) is 0 Å². The Kier molecular flexibility index (Phi) is 4.27. The number of primary amides is 1. The molecule has 1 rings (SSSR count). The molecule has 0 aromatic carbocycles. The van der Waals surface area contributed by atoms with Crippen molar-refractivity contribution < 1.29 is 4.79 Å². The van der Waals surface area contributed by atoms with Crippen molar-refractivity contribution in [1.29, 1.82) is 0 Å². The summed E-state index contributed by atoms with van der Waals surface area (Å²) in [4.78, 5) is 18.5. The standard InChI is InChI=1S/C9H14ClN7O/c1-4(9(13)18)17(2)16-8(12)5-6(10)14-3-15-7(5)11/h3-4H,1-2H3,(H2,12,16)(H2,13,18)(H2,11,14,15). The summed E-state index contributed by atoms with van der Waals surface area (Å²) in [5.74, 6) is -0.414. The largest absolute Gasteiger partial charge is 0.383 e. The van der Waals surface area contributed by atoms with Gasteiger partial charge in [0.1, 0.15) is 23.3 Å². The Morgan fingerprint density at radius 3 is 2.61 bits per heavy atom. The van der Waals surface area contributed by atoms with Crippen molar-refractivity contribution in [3.05, 3.63) is 17.0 Å². The zero-order valence-electron chi connectivity index (χ0n) is 9.96. The number of halogens is 1. The van der Waals surface area contributed by atoms with E-state index in [0.29, 0.717) is 0 Å². The third kappa shape index (κ3) is 2.98. The van der Waals surface area contributed by atoms with Crippen LogP contribution < -0.4 is 17.2 Å². The number of likely N-dealkylation sites (N-methyl/N-ethyl adjacent to an activating group) is 1. The molecule has 1 amide bonds. The molecule has 0 aliphatic carbocycles. The highest BCUT2D eigenvalue weighted by Crippen LogP contribution is 2.16. The van der Waals surface area contributed by atoms with Crippen molar-refractivity contribution in [2.24, 2.45) is 16.6 Å². The normalized spacial score (nSPS) is 13.2. The van der Waals surface area contributed by atoms with Gasteiger partial charge in [-0.3, -0.25) is 9.80 Å². The number of aromatic nitrogens is 2. The van der Waals surface area contributed by atoms with Gasteiger partial charge in [-0.25, -0.2) is 9.97 Å². The van der Waals surface area contributed by atoms with Gasteiger partial charge in [-0.05, 0) is 6.92 Å². The Hall–Kier alpha value is -2.09. The molecule has 0 saturated carbocycles. The maximum atomic E-state index is 11.0. The summed E-state index contributed by atoms with van der Waals surface area (Å²) in [5, 5.41) is 5.37. The number of amidine groups is 1. The smallest absolute Gasteiger partial charge is 0.241 e. The maximum Gasteiger partial charge on any atom is 0.241 e. The van der Waals surface area contributed by atoms with Gasteiger partial charge in [0.25, 0.3) is 0 Å². The molecule has 0 aliphatic heterocycles. The average molecular weight is 272 g/mol. The number of hydrogen-bond donors (Lipinski definition) is 3. The van der Waals surface area contributed by atoms with Crippen molar-refractivity contribution in [1.82, 2.24) is 15.0 Å². The van der Waals surface area contributed by atoms with Crippen molar-refractivity contribution in [3.63, 3.8) is 0 Å². The van der Waals surface area contributed by atoms with Crippen LogP contribution in [-0.2, 0) is 4.79 Å². The SMILES string of the molecule is CC(C(N)=O)N(C)/N=C(\N)c1c(N)ncnc1Cl. The molecule has 0 saturated heterocycles. The van der Waals surface area contributed by atoms with Crippen LogP contribution in [0, 0.1) is 0 Å². The monoisotopic (exact) mass is 271 g/mol. The number of anilines is 1. The van der Waals surface area contributed by atoms with Gasteiger partial charge in [-0.15, -0.1) is 0 Å². The number of carbonyl (C=O) groups is 1. The summed E-state index contributed by atoms with van der Waals surface area (Å²) in [7, 11) is 1.55. The fraction of sp³-hybridized carbons (Fsp3) is 0.333. The summed E-state index contributed by atoms with van der Waals surface area (Å²) in [6.07, 6.45) is 1.21. The van der Waals surface area contributed by atoms with Crippen molar-refractivity contribution in [2.45, 2.75) is 13.0 Å². The van der Waals surface area contributed by atoms with Gasteiger partial charge in [0, 0.05) is 7.05 Å². The number of nitrogen functional groups attached to an aromatic ring is 1. The summed E-state index contributed by atoms with van der Waals surface area (Å²) in [6, 6.07) is -0.617. The van der Waals surface area contributed by atoms with E-state index in [-0.39, 0.29) is 22.4 Å². The lowest BCUT2D eigenvalue weighted by atomic mass is 10.3. The number of carbonyl (C=O) groups excluding carboxylic acids is 1. The molecule has 0 bridgehead atoms. The van der Waals surface area contributed by atoms with E-state index in [1.165, 1.54) is 11.3 Å². The molecule has 0 spiro atoms. The minimum Gasteiger partial charge on any atom is -0.383 e. The molecule has 1 unspecified atom stereocenters. The molecule has 6 N–H and O–H groups in total. The lowest BCUT2D eigenvalue weighted by Gasteiger charge is -2.19. The Labute approximate surface area is 109 Å². The fourth-order valence-electron chi connectivity index (χ4n) is 1.10. The second kappa shape index (κ2) is 5.50. The predicted octanol–water partition coefficient (Wildman–Crippen LogP) is -0.862. The number of nitrogens with two attached hydrogens (primary N) is 3. The van der Waals surface area contributed by atoms with Crippen LogP contribution in [0.4, 0.5) is 5.82 Å². The van der Waals surface area contributed by atoms with Crippen LogP contribution in [0.25, 0.3) is 0 Å². The first-order valence-electron chi connectivity index (χ1n) is 4.97. The van der Waals surface area contributed by atoms with Gasteiger partial charge in [0.15, 0.2) is 5.84 Å². The zero-order chi connectivity index (χ0) is 13.9. The van der Waals surface area contributed by atoms with Crippen molar-refractivity contribution >= 4 is 29.2 Å². The van der Waals surface area contributed by atoms with E-state index in [1.54, 1.807) is 14.0 Å². The molecule has 8 nitrogen and oxygen atoms in total. The lowest BCUT2D eigenvalue weighted by molar-refractivity contribution is -0.122. The topological polar surface area (TPSA) is 137 Å². The third-order valence-electron chi connectivity index (χ3n) is 2.32. The Balaban J connectivity index is 3.07. The van der Waals surface area contributed by atoms with Gasteiger partial charge < -0.3 is 17.2 Å². The van der Waals surface area contributed by atoms with Crippen LogP contribution in [-0.4, -0.2) is 39.8 Å². The Morgan fingerprint density at radius 1 is 1.50 bits per heavy atom. The van der Waals surface area contributed by atoms with Gasteiger partial charge in [-0.1, -0.05) is 11.6 Å². The van der Waals surface area contributed by atoms with E-state index in [2.05, 4.69) is 15.1 Å². The van der Waals surface area contributed by atoms with Crippen LogP contribution in [0.5, 0.6) is 0 Å². The first-order chi connectivity index (χ1) is 8.34. The molecule has 1 aromatic heterocycles. The van der Waals surface area contributed by atoms with Crippen LogP contribution in [0.2, 0.25) is 5.15 Å². The molecular weight excluding hydrogens is 258 g/mol. The number of rotatable bonds is 4. The molecule has 1 atom stereocenters. The molecule has 9 heteroatoms. The van der Waals surface area contributed by atoms with E-state index in [1.807, 2.05) is 0 Å². The van der Waals surface area contributed by atoms with Gasteiger partial charge >= 0.3 is 0 Å². The fourth-order valence-corrected chi connectivity index (χ4v) is 1.34. The summed E-state index contributed by atoms with van der Waals surface area (Å²) < 4.78 is 0. The summed E-state index contributed by atoms with van der Waals surface area (Å²) >= 11 is 5.85. The molecule has 1 heterocycles. The highest BCUT2D eigenvalue weighted by Gasteiger charge is 2.16. The quantitative estimate of drug-likeness (QED) is 0.282. The minimum atomic E-state index is -0.617. The molecule has 1 aromatic rings. The van der Waals surface area contributed by atoms with E-state index in [9.17, 15) is 4.79 Å². The third-order valence-corrected chi connectivity index (χ3v) is 2.61. The van der Waals surface area contributed by atoms with Crippen LogP contribution >= 0.6 is 11.6 Å². The molecule has 98 valence electrons. The molecule has 18 heavy (non-hydrogen) atoms. The summed E-state index contributed by atoms with van der Waals surface area (Å²) in [5.41, 5.74) is 16.7. The highest BCUT2D eigenvalue weighted by molar-refractivity contribution is 6.33. The first-order valence-corrected chi connectivity index (χ1v) is 5.35. The number of nitrogens with zero attached hydrogens (tertiary/aromatic N) is 4. The second-order valence-electron chi connectivity index (χ2n) is 3.56. The highest BCUT2D eigenvalue weighted by atomic mass is 35.5. The zero-order valence-corrected chi connectivity index (χ0v) is 10.7. The molecular formula is C9H14ClN7O. The molecule has 0 aliphatic rings. The number of hydrazone groups is 1. The van der Waals surface area contributed by atoms with E-state index >= 15 is 0 Å². The van der Waals surface area contributed by atoms with E-state index in [4.69, 9.17) is 28.8 Å². The molecule has 0 radical (unpaired) electrons. The predicted molar refractivity (Wildman–Crippen MR) is 68.6 cm³/mol. The number of hydrogen-bond acceptors (Lipinski definition) is 6. The van der Waals surface area contributed by atoms with Gasteiger partial charge in [0.05, 0.1) is 5.56 Å². The summed E-state index contributed by atoms with van der Waals surface area (Å²) in [6.45, 7) is 1.59.